The van der Waals surface area contributed by atoms with Crippen molar-refractivity contribution in [3.8, 4) is 6.07 Å². The number of anilines is 1. The molecule has 5 heteroatoms. The monoisotopic (exact) mass is 257 g/mol. The van der Waals surface area contributed by atoms with Crippen molar-refractivity contribution in [2.75, 3.05) is 5.32 Å². The van der Waals surface area contributed by atoms with Gasteiger partial charge in [-0.1, -0.05) is 12.1 Å². The van der Waals surface area contributed by atoms with E-state index < -0.39 is 0 Å². The zero-order valence-electron chi connectivity index (χ0n) is 10.0. The van der Waals surface area contributed by atoms with Crippen molar-refractivity contribution < 1.29 is 4.79 Å². The number of amides is 1. The molecule has 0 aliphatic heterocycles. The van der Waals surface area contributed by atoms with Crippen molar-refractivity contribution in [2.24, 2.45) is 0 Å². The Bertz CT molecular complexity index is 640. The fourth-order valence-electron chi connectivity index (χ4n) is 1.62. The molecule has 2 aromatic rings. The highest BCUT2D eigenvalue weighted by Gasteiger charge is 2.14. The number of aryl methyl sites for hydroxylation is 2. The number of nitriles is 1. The Morgan fingerprint density at radius 2 is 2.22 bits per heavy atom. The van der Waals surface area contributed by atoms with E-state index in [0.717, 1.165) is 5.56 Å². The van der Waals surface area contributed by atoms with Crippen molar-refractivity contribution in [1.29, 1.82) is 5.26 Å². The quantitative estimate of drug-likeness (QED) is 0.899. The number of hydrogen-bond acceptors (Lipinski definition) is 4. The average Bonchev–Trinajstić information content (AvgIpc) is 2.76. The summed E-state index contributed by atoms with van der Waals surface area (Å²) in [7, 11) is 0. The number of hydrogen-bond donors (Lipinski definition) is 1. The van der Waals surface area contributed by atoms with Crippen LogP contribution < -0.4 is 5.32 Å². The summed E-state index contributed by atoms with van der Waals surface area (Å²) in [6, 6.07) is 7.47. The SMILES string of the molecule is Cc1cccc(NC(=O)c2scnc2C)c1C#N. The first-order valence-corrected chi connectivity index (χ1v) is 6.22. The standard InChI is InChI=1S/C13H11N3OS/c1-8-4-3-5-11(10(8)6-14)16-13(17)12-9(2)15-7-18-12/h3-5,7H,1-2H3,(H,16,17). The summed E-state index contributed by atoms with van der Waals surface area (Å²) >= 11 is 1.29. The molecule has 90 valence electrons. The van der Waals surface area contributed by atoms with E-state index in [1.807, 2.05) is 19.1 Å². The molecule has 0 aliphatic rings. The summed E-state index contributed by atoms with van der Waals surface area (Å²) < 4.78 is 0. The molecule has 0 fully saturated rings. The van der Waals surface area contributed by atoms with Crippen molar-refractivity contribution >= 4 is 22.9 Å². The van der Waals surface area contributed by atoms with Crippen LogP contribution in [0.1, 0.15) is 26.5 Å². The second kappa shape index (κ2) is 4.98. The highest BCUT2D eigenvalue weighted by Crippen LogP contribution is 2.20. The smallest absolute Gasteiger partial charge is 0.267 e. The molecule has 1 N–H and O–H groups in total. The zero-order chi connectivity index (χ0) is 13.1. The van der Waals surface area contributed by atoms with E-state index >= 15 is 0 Å². The fraction of sp³-hybridized carbons (Fsp3) is 0.154. The van der Waals surface area contributed by atoms with Crippen LogP contribution in [0, 0.1) is 25.2 Å². The van der Waals surface area contributed by atoms with Gasteiger partial charge in [-0.05, 0) is 25.5 Å². The van der Waals surface area contributed by atoms with Crippen LogP contribution in [0.2, 0.25) is 0 Å². The summed E-state index contributed by atoms with van der Waals surface area (Å²) in [5.41, 5.74) is 4.20. The number of nitrogens with zero attached hydrogens (tertiary/aromatic N) is 2. The van der Waals surface area contributed by atoms with Gasteiger partial charge in [0.2, 0.25) is 0 Å². The number of nitrogens with one attached hydrogen (secondary N) is 1. The Balaban J connectivity index is 2.31. The van der Waals surface area contributed by atoms with Crippen LogP contribution in [0.25, 0.3) is 0 Å². The van der Waals surface area contributed by atoms with E-state index in [0.29, 0.717) is 21.8 Å². The summed E-state index contributed by atoms with van der Waals surface area (Å²) in [6.07, 6.45) is 0. The van der Waals surface area contributed by atoms with Gasteiger partial charge in [-0.15, -0.1) is 11.3 Å². The number of rotatable bonds is 2. The molecule has 0 aliphatic carbocycles. The van der Waals surface area contributed by atoms with E-state index in [1.54, 1.807) is 18.5 Å². The third-order valence-electron chi connectivity index (χ3n) is 2.58. The van der Waals surface area contributed by atoms with Crippen LogP contribution in [0.5, 0.6) is 0 Å². The van der Waals surface area contributed by atoms with Gasteiger partial charge in [-0.3, -0.25) is 4.79 Å². The van der Waals surface area contributed by atoms with Gasteiger partial charge in [0, 0.05) is 0 Å². The first kappa shape index (κ1) is 12.3. The molecule has 18 heavy (non-hydrogen) atoms. The summed E-state index contributed by atoms with van der Waals surface area (Å²) in [6.45, 7) is 3.62. The third kappa shape index (κ3) is 2.24. The Hall–Kier alpha value is -2.19. The van der Waals surface area contributed by atoms with E-state index in [1.165, 1.54) is 11.3 Å². The molecule has 1 heterocycles. The predicted octanol–water partition coefficient (Wildman–Crippen LogP) is 2.88. The van der Waals surface area contributed by atoms with E-state index in [2.05, 4.69) is 16.4 Å². The second-order valence-corrected chi connectivity index (χ2v) is 4.69. The average molecular weight is 257 g/mol. The summed E-state index contributed by atoms with van der Waals surface area (Å²) in [4.78, 5) is 16.6. The van der Waals surface area contributed by atoms with Crippen LogP contribution in [0.15, 0.2) is 23.7 Å². The lowest BCUT2D eigenvalue weighted by molar-refractivity contribution is 0.103. The Labute approximate surface area is 109 Å². The van der Waals surface area contributed by atoms with Gasteiger partial charge in [0.1, 0.15) is 10.9 Å². The minimum atomic E-state index is -0.225. The highest BCUT2D eigenvalue weighted by atomic mass is 32.1. The fourth-order valence-corrected chi connectivity index (χ4v) is 2.32. The molecule has 2 rings (SSSR count). The molecular formula is C13H11N3OS. The summed E-state index contributed by atoms with van der Waals surface area (Å²) in [5, 5.41) is 11.8. The van der Waals surface area contributed by atoms with Gasteiger partial charge in [-0.25, -0.2) is 4.98 Å². The van der Waals surface area contributed by atoms with Gasteiger partial charge >= 0.3 is 0 Å². The Morgan fingerprint density at radius 1 is 1.44 bits per heavy atom. The van der Waals surface area contributed by atoms with Gasteiger partial charge in [0.05, 0.1) is 22.5 Å². The van der Waals surface area contributed by atoms with Crippen molar-refractivity contribution in [3.05, 3.63) is 45.4 Å². The van der Waals surface area contributed by atoms with Crippen LogP contribution in [0.4, 0.5) is 5.69 Å². The van der Waals surface area contributed by atoms with Gasteiger partial charge in [0.25, 0.3) is 5.91 Å². The Kier molecular flexibility index (Phi) is 3.40. The highest BCUT2D eigenvalue weighted by molar-refractivity contribution is 7.12. The lowest BCUT2D eigenvalue weighted by Gasteiger charge is -2.07. The van der Waals surface area contributed by atoms with Gasteiger partial charge in [-0.2, -0.15) is 5.26 Å². The molecule has 1 amide bonds. The van der Waals surface area contributed by atoms with Crippen LogP contribution in [-0.4, -0.2) is 10.9 Å². The maximum atomic E-state index is 12.0. The molecule has 0 spiro atoms. The minimum absolute atomic E-state index is 0.225. The maximum absolute atomic E-state index is 12.0. The van der Waals surface area contributed by atoms with Gasteiger partial charge in [0.15, 0.2) is 0 Å². The molecule has 0 saturated carbocycles. The number of carbonyl (C=O) groups excluding carboxylic acids is 1. The first-order valence-electron chi connectivity index (χ1n) is 5.34. The number of thiazole rings is 1. The van der Waals surface area contributed by atoms with Crippen LogP contribution in [-0.2, 0) is 0 Å². The van der Waals surface area contributed by atoms with Gasteiger partial charge < -0.3 is 5.32 Å². The maximum Gasteiger partial charge on any atom is 0.267 e. The topological polar surface area (TPSA) is 65.8 Å². The van der Waals surface area contributed by atoms with Crippen LogP contribution in [0.3, 0.4) is 0 Å². The number of carbonyl (C=O) groups is 1. The van der Waals surface area contributed by atoms with E-state index in [-0.39, 0.29) is 5.91 Å². The summed E-state index contributed by atoms with van der Waals surface area (Å²) in [5.74, 6) is -0.225. The molecule has 1 aromatic carbocycles. The van der Waals surface area contributed by atoms with Crippen molar-refractivity contribution in [1.82, 2.24) is 4.98 Å². The third-order valence-corrected chi connectivity index (χ3v) is 3.51. The van der Waals surface area contributed by atoms with Crippen molar-refractivity contribution in [3.63, 3.8) is 0 Å². The molecule has 0 unspecified atom stereocenters. The van der Waals surface area contributed by atoms with Crippen LogP contribution >= 0.6 is 11.3 Å². The zero-order valence-corrected chi connectivity index (χ0v) is 10.8. The number of aromatic nitrogens is 1. The first-order chi connectivity index (χ1) is 8.63. The molecule has 0 saturated heterocycles. The normalized spacial score (nSPS) is 9.83. The second-order valence-electron chi connectivity index (χ2n) is 3.83. The molecule has 0 radical (unpaired) electrons. The molecular weight excluding hydrogens is 246 g/mol. The predicted molar refractivity (Wildman–Crippen MR) is 70.7 cm³/mol. The molecule has 1 aromatic heterocycles. The lowest BCUT2D eigenvalue weighted by atomic mass is 10.1. The number of benzene rings is 1. The van der Waals surface area contributed by atoms with Crippen molar-refractivity contribution in [2.45, 2.75) is 13.8 Å². The van der Waals surface area contributed by atoms with E-state index in [9.17, 15) is 4.79 Å². The van der Waals surface area contributed by atoms with E-state index in [4.69, 9.17) is 5.26 Å². The molecule has 0 bridgehead atoms. The molecule has 0 atom stereocenters. The Morgan fingerprint density at radius 3 is 2.83 bits per heavy atom. The molecule has 4 nitrogen and oxygen atoms in total. The largest absolute Gasteiger partial charge is 0.320 e. The lowest BCUT2D eigenvalue weighted by Crippen LogP contribution is -2.13. The minimum Gasteiger partial charge on any atom is -0.320 e.